The van der Waals surface area contributed by atoms with Crippen LogP contribution in [0.3, 0.4) is 0 Å². The monoisotopic (exact) mass is 347 g/mol. The molecule has 0 aliphatic carbocycles. The first-order chi connectivity index (χ1) is 12.8. The Bertz CT molecular complexity index is 857. The molecular formula is C22H25N3O. The van der Waals surface area contributed by atoms with E-state index in [1.165, 1.54) is 22.6 Å². The Hall–Kier alpha value is -2.59. The van der Waals surface area contributed by atoms with Crippen LogP contribution in [0.1, 0.15) is 22.6 Å². The Morgan fingerprint density at radius 3 is 2.69 bits per heavy atom. The zero-order valence-corrected chi connectivity index (χ0v) is 15.3. The maximum atomic E-state index is 5.32. The van der Waals surface area contributed by atoms with Crippen molar-refractivity contribution >= 4 is 0 Å². The van der Waals surface area contributed by atoms with Crippen molar-refractivity contribution in [3.8, 4) is 5.75 Å². The number of hydrogen-bond donors (Lipinski definition) is 0. The van der Waals surface area contributed by atoms with E-state index in [9.17, 15) is 0 Å². The van der Waals surface area contributed by atoms with Crippen LogP contribution in [0, 0.1) is 0 Å². The number of methoxy groups -OCH3 is 1. The van der Waals surface area contributed by atoms with Gasteiger partial charge < -0.3 is 9.30 Å². The molecule has 1 aliphatic rings. The minimum atomic E-state index is 0.907. The molecule has 0 bridgehead atoms. The molecule has 0 atom stereocenters. The largest absolute Gasteiger partial charge is 0.497 e. The molecule has 4 nitrogen and oxygen atoms in total. The molecule has 0 fully saturated rings. The van der Waals surface area contributed by atoms with Gasteiger partial charge in [0, 0.05) is 38.8 Å². The maximum Gasteiger partial charge on any atom is 0.119 e. The van der Waals surface area contributed by atoms with E-state index in [4.69, 9.17) is 4.74 Å². The Balaban J connectivity index is 1.37. The summed E-state index contributed by atoms with van der Waals surface area (Å²) in [5.74, 6) is 2.11. The first-order valence-corrected chi connectivity index (χ1v) is 9.24. The van der Waals surface area contributed by atoms with Crippen molar-refractivity contribution in [3.05, 3.63) is 83.4 Å². The summed E-state index contributed by atoms with van der Waals surface area (Å²) in [6.07, 6.45) is 4.00. The van der Waals surface area contributed by atoms with E-state index >= 15 is 0 Å². The molecule has 26 heavy (non-hydrogen) atoms. The Morgan fingerprint density at radius 2 is 1.85 bits per heavy atom. The molecule has 1 aliphatic heterocycles. The fourth-order valence-corrected chi connectivity index (χ4v) is 3.63. The van der Waals surface area contributed by atoms with E-state index in [-0.39, 0.29) is 0 Å². The highest BCUT2D eigenvalue weighted by Gasteiger charge is 2.19. The van der Waals surface area contributed by atoms with Gasteiger partial charge in [-0.2, -0.15) is 0 Å². The highest BCUT2D eigenvalue weighted by Crippen LogP contribution is 2.18. The predicted molar refractivity (Wildman–Crippen MR) is 103 cm³/mol. The van der Waals surface area contributed by atoms with Crippen LogP contribution < -0.4 is 4.74 Å². The first kappa shape index (κ1) is 16.9. The molecule has 0 N–H and O–H groups in total. The van der Waals surface area contributed by atoms with E-state index in [2.05, 4.69) is 69.2 Å². The average molecular weight is 347 g/mol. The lowest BCUT2D eigenvalue weighted by Gasteiger charge is -2.29. The molecule has 0 spiro atoms. The molecule has 4 rings (SSSR count). The van der Waals surface area contributed by atoms with Gasteiger partial charge in [0.25, 0.3) is 0 Å². The Morgan fingerprint density at radius 1 is 1.00 bits per heavy atom. The number of imidazole rings is 1. The lowest BCUT2D eigenvalue weighted by atomic mass is 10.1. The van der Waals surface area contributed by atoms with E-state index in [1.807, 2.05) is 6.07 Å². The average Bonchev–Trinajstić information content (AvgIpc) is 3.09. The van der Waals surface area contributed by atoms with Crippen LogP contribution in [0.25, 0.3) is 0 Å². The van der Waals surface area contributed by atoms with E-state index in [0.717, 1.165) is 44.8 Å². The van der Waals surface area contributed by atoms with Crippen molar-refractivity contribution in [3.63, 3.8) is 0 Å². The third-order valence-electron chi connectivity index (χ3n) is 5.10. The van der Waals surface area contributed by atoms with Crippen LogP contribution in [0.2, 0.25) is 0 Å². The van der Waals surface area contributed by atoms with Crippen LogP contribution >= 0.6 is 0 Å². The summed E-state index contributed by atoms with van der Waals surface area (Å²) < 4.78 is 7.72. The Labute approximate surface area is 155 Å². The fraction of sp³-hybridized carbons (Fsp3) is 0.318. The molecule has 2 heterocycles. The number of aromatic nitrogens is 2. The van der Waals surface area contributed by atoms with E-state index in [0.29, 0.717) is 0 Å². The van der Waals surface area contributed by atoms with E-state index < -0.39 is 0 Å². The van der Waals surface area contributed by atoms with Crippen LogP contribution in [0.5, 0.6) is 5.75 Å². The zero-order chi connectivity index (χ0) is 17.8. The third kappa shape index (κ3) is 3.81. The van der Waals surface area contributed by atoms with Crippen LogP contribution in [-0.4, -0.2) is 34.7 Å². The molecule has 0 saturated carbocycles. The number of rotatable bonds is 6. The standard InChI is InChI=1S/C22H25N3O/c1-26-21-9-5-8-19(14-21)10-11-24-12-13-25-20(17-24)16-23-22(25)15-18-6-3-2-4-7-18/h2-9,14,16H,10-13,15,17H2,1H3. The maximum absolute atomic E-state index is 5.32. The van der Waals surface area contributed by atoms with Crippen molar-refractivity contribution in [2.24, 2.45) is 0 Å². The summed E-state index contributed by atoms with van der Waals surface area (Å²) >= 11 is 0. The molecule has 4 heteroatoms. The molecule has 0 amide bonds. The van der Waals surface area contributed by atoms with Gasteiger partial charge in [0.05, 0.1) is 12.8 Å². The van der Waals surface area contributed by atoms with Crippen molar-refractivity contribution in [1.29, 1.82) is 0 Å². The number of hydrogen-bond acceptors (Lipinski definition) is 3. The van der Waals surface area contributed by atoms with Gasteiger partial charge >= 0.3 is 0 Å². The van der Waals surface area contributed by atoms with Gasteiger partial charge in [0.15, 0.2) is 0 Å². The van der Waals surface area contributed by atoms with Gasteiger partial charge in [-0.05, 0) is 29.7 Å². The molecule has 1 aromatic heterocycles. The highest BCUT2D eigenvalue weighted by atomic mass is 16.5. The minimum absolute atomic E-state index is 0.907. The minimum Gasteiger partial charge on any atom is -0.497 e. The highest BCUT2D eigenvalue weighted by molar-refractivity contribution is 5.28. The van der Waals surface area contributed by atoms with Crippen molar-refractivity contribution in [2.45, 2.75) is 25.9 Å². The van der Waals surface area contributed by atoms with E-state index in [1.54, 1.807) is 7.11 Å². The van der Waals surface area contributed by atoms with Gasteiger partial charge in [-0.25, -0.2) is 4.98 Å². The van der Waals surface area contributed by atoms with Gasteiger partial charge in [-0.1, -0.05) is 42.5 Å². The predicted octanol–water partition coefficient (Wildman–Crippen LogP) is 3.54. The molecule has 0 saturated heterocycles. The van der Waals surface area contributed by atoms with Gasteiger partial charge in [-0.15, -0.1) is 0 Å². The van der Waals surface area contributed by atoms with Crippen molar-refractivity contribution < 1.29 is 4.74 Å². The number of ether oxygens (including phenoxy) is 1. The van der Waals surface area contributed by atoms with Gasteiger partial charge in [-0.3, -0.25) is 4.90 Å². The van der Waals surface area contributed by atoms with Crippen LogP contribution in [-0.2, 0) is 25.9 Å². The second kappa shape index (κ2) is 7.75. The smallest absolute Gasteiger partial charge is 0.119 e. The Kier molecular flexibility index (Phi) is 5.02. The summed E-state index contributed by atoms with van der Waals surface area (Å²) in [5.41, 5.74) is 3.97. The topological polar surface area (TPSA) is 30.3 Å². The molecule has 0 radical (unpaired) electrons. The molecule has 134 valence electrons. The lowest BCUT2D eigenvalue weighted by Crippen LogP contribution is -2.35. The quantitative estimate of drug-likeness (QED) is 0.683. The van der Waals surface area contributed by atoms with Crippen LogP contribution in [0.4, 0.5) is 0 Å². The lowest BCUT2D eigenvalue weighted by molar-refractivity contribution is 0.222. The summed E-state index contributed by atoms with van der Waals surface area (Å²) in [7, 11) is 1.72. The van der Waals surface area contributed by atoms with Gasteiger partial charge in [0.2, 0.25) is 0 Å². The summed E-state index contributed by atoms with van der Waals surface area (Å²) in [6, 6.07) is 19.0. The third-order valence-corrected chi connectivity index (χ3v) is 5.10. The second-order valence-electron chi connectivity index (χ2n) is 6.86. The normalized spacial score (nSPS) is 14.2. The summed E-state index contributed by atoms with van der Waals surface area (Å²) in [6.45, 7) is 4.14. The van der Waals surface area contributed by atoms with Crippen molar-refractivity contribution in [1.82, 2.24) is 14.5 Å². The van der Waals surface area contributed by atoms with Crippen LogP contribution in [0.15, 0.2) is 60.8 Å². The molecular weight excluding hydrogens is 322 g/mol. The number of fused-ring (bicyclic) bond motifs is 1. The molecule has 0 unspecified atom stereocenters. The first-order valence-electron chi connectivity index (χ1n) is 9.24. The fourth-order valence-electron chi connectivity index (χ4n) is 3.63. The summed E-state index contributed by atoms with van der Waals surface area (Å²) in [5, 5.41) is 0. The second-order valence-corrected chi connectivity index (χ2v) is 6.86. The number of nitrogens with zero attached hydrogens (tertiary/aromatic N) is 3. The zero-order valence-electron chi connectivity index (χ0n) is 15.3. The summed E-state index contributed by atoms with van der Waals surface area (Å²) in [4.78, 5) is 7.20. The number of benzene rings is 2. The molecule has 3 aromatic rings. The molecule has 2 aromatic carbocycles. The van der Waals surface area contributed by atoms with Gasteiger partial charge in [0.1, 0.15) is 11.6 Å². The SMILES string of the molecule is COc1cccc(CCN2CCn3c(cnc3Cc3ccccc3)C2)c1. The van der Waals surface area contributed by atoms with Crippen molar-refractivity contribution in [2.75, 3.05) is 20.2 Å².